The highest BCUT2D eigenvalue weighted by Gasteiger charge is 2.33. The summed E-state index contributed by atoms with van der Waals surface area (Å²) in [6.07, 6.45) is 1.60. The van der Waals surface area contributed by atoms with Crippen LogP contribution < -0.4 is 9.47 Å². The zero-order valence-electron chi connectivity index (χ0n) is 21.0. The van der Waals surface area contributed by atoms with Crippen LogP contribution in [0, 0.1) is 0 Å². The summed E-state index contributed by atoms with van der Waals surface area (Å²) in [5, 5.41) is 9.78. The van der Waals surface area contributed by atoms with E-state index in [1.807, 2.05) is 30.3 Å². The summed E-state index contributed by atoms with van der Waals surface area (Å²) in [4.78, 5) is 34.0. The molecule has 37 heavy (non-hydrogen) atoms. The van der Waals surface area contributed by atoms with Crippen LogP contribution in [0.2, 0.25) is 0 Å². The molecule has 0 spiro atoms. The number of amides is 1. The Morgan fingerprint density at radius 2 is 1.92 bits per heavy atom. The number of carbonyl (C=O) groups excluding carboxylic acids is 1. The number of para-hydroxylation sites is 1. The van der Waals surface area contributed by atoms with Crippen molar-refractivity contribution in [2.45, 2.75) is 19.4 Å². The molecule has 196 valence electrons. The van der Waals surface area contributed by atoms with Gasteiger partial charge < -0.3 is 19.3 Å². The van der Waals surface area contributed by atoms with Crippen LogP contribution in [-0.2, 0) is 14.3 Å². The van der Waals surface area contributed by atoms with Crippen LogP contribution in [0.5, 0.6) is 11.5 Å². The number of rotatable bonds is 10. The summed E-state index contributed by atoms with van der Waals surface area (Å²) in [5.41, 5.74) is 1.52. The molecular formula is C27H31N3O6S. The Morgan fingerprint density at radius 3 is 2.62 bits per heavy atom. The molecule has 0 radical (unpaired) electrons. The number of hydrogen-bond donors (Lipinski definition) is 1. The molecule has 9 nitrogen and oxygen atoms in total. The van der Waals surface area contributed by atoms with Crippen molar-refractivity contribution >= 4 is 40.6 Å². The molecule has 1 atom stereocenters. The van der Waals surface area contributed by atoms with Crippen LogP contribution in [0.15, 0.2) is 58.4 Å². The van der Waals surface area contributed by atoms with Crippen LogP contribution >= 0.6 is 11.8 Å². The van der Waals surface area contributed by atoms with E-state index in [2.05, 4.69) is 4.90 Å². The van der Waals surface area contributed by atoms with Gasteiger partial charge in [-0.25, -0.2) is 9.79 Å². The molecule has 2 aliphatic rings. The van der Waals surface area contributed by atoms with E-state index < -0.39 is 12.1 Å². The van der Waals surface area contributed by atoms with Gasteiger partial charge in [0.05, 0.1) is 30.9 Å². The van der Waals surface area contributed by atoms with E-state index in [1.165, 1.54) is 25.8 Å². The SMILES string of the molecule is COc1cc(/C=C2\SC(=Nc3ccccc3)N(CCCN3CCOCC3)C2=O)ccc1O[C@H](C)C(=O)O. The summed E-state index contributed by atoms with van der Waals surface area (Å²) < 4.78 is 16.3. The Bertz CT molecular complexity index is 1160. The molecule has 1 amide bonds. The third kappa shape index (κ3) is 7.12. The maximum Gasteiger partial charge on any atom is 0.344 e. The van der Waals surface area contributed by atoms with Crippen molar-refractivity contribution in [3.05, 3.63) is 59.0 Å². The minimum atomic E-state index is -1.07. The van der Waals surface area contributed by atoms with Crippen LogP contribution in [-0.4, -0.2) is 84.6 Å². The fourth-order valence-corrected chi connectivity index (χ4v) is 4.97. The number of carbonyl (C=O) groups is 2. The predicted molar refractivity (Wildman–Crippen MR) is 143 cm³/mol. The van der Waals surface area contributed by atoms with E-state index in [0.29, 0.717) is 28.1 Å². The zero-order chi connectivity index (χ0) is 26.2. The van der Waals surface area contributed by atoms with Gasteiger partial charge in [-0.3, -0.25) is 14.6 Å². The average Bonchev–Trinajstić information content (AvgIpc) is 3.19. The Kier molecular flexibility index (Phi) is 9.21. The van der Waals surface area contributed by atoms with Gasteiger partial charge in [-0.1, -0.05) is 24.3 Å². The van der Waals surface area contributed by atoms with E-state index in [4.69, 9.17) is 24.3 Å². The number of carboxylic acid groups (broad SMARTS) is 1. The molecule has 10 heteroatoms. The van der Waals surface area contributed by atoms with Crippen molar-refractivity contribution in [2.24, 2.45) is 4.99 Å². The van der Waals surface area contributed by atoms with Crippen molar-refractivity contribution in [1.29, 1.82) is 0 Å². The monoisotopic (exact) mass is 525 g/mol. The summed E-state index contributed by atoms with van der Waals surface area (Å²) >= 11 is 1.34. The van der Waals surface area contributed by atoms with E-state index in [1.54, 1.807) is 29.2 Å². The molecule has 2 aliphatic heterocycles. The van der Waals surface area contributed by atoms with Crippen LogP contribution in [0.25, 0.3) is 6.08 Å². The molecule has 1 N–H and O–H groups in total. The number of ether oxygens (including phenoxy) is 3. The molecule has 2 heterocycles. The van der Waals surface area contributed by atoms with Crippen LogP contribution in [0.4, 0.5) is 5.69 Å². The summed E-state index contributed by atoms with van der Waals surface area (Å²) in [6, 6.07) is 14.7. The number of amidine groups is 1. The quantitative estimate of drug-likeness (QED) is 0.467. The second-order valence-electron chi connectivity index (χ2n) is 8.61. The lowest BCUT2D eigenvalue weighted by molar-refractivity contribution is -0.144. The Labute approximate surface area is 220 Å². The number of hydrogen-bond acceptors (Lipinski definition) is 8. The van der Waals surface area contributed by atoms with Crippen LogP contribution in [0.1, 0.15) is 18.9 Å². The van der Waals surface area contributed by atoms with Crippen molar-refractivity contribution in [2.75, 3.05) is 46.5 Å². The number of aliphatic carboxylic acids is 1. The number of carboxylic acids is 1. The fraction of sp³-hybridized carbons (Fsp3) is 0.370. The minimum absolute atomic E-state index is 0.0968. The third-order valence-corrected chi connectivity index (χ3v) is 6.97. The van der Waals surface area contributed by atoms with Gasteiger partial charge in [0.25, 0.3) is 5.91 Å². The predicted octanol–water partition coefficient (Wildman–Crippen LogP) is 3.87. The Balaban J connectivity index is 1.54. The van der Waals surface area contributed by atoms with Gasteiger partial charge in [-0.15, -0.1) is 0 Å². The minimum Gasteiger partial charge on any atom is -0.493 e. The lowest BCUT2D eigenvalue weighted by atomic mass is 10.1. The first-order chi connectivity index (χ1) is 17.9. The van der Waals surface area contributed by atoms with Crippen LogP contribution in [0.3, 0.4) is 0 Å². The third-order valence-electron chi connectivity index (χ3n) is 5.97. The van der Waals surface area contributed by atoms with Gasteiger partial charge in [-0.05, 0) is 61.0 Å². The highest BCUT2D eigenvalue weighted by atomic mass is 32.2. The molecule has 2 fully saturated rings. The molecular weight excluding hydrogens is 494 g/mol. The van der Waals surface area contributed by atoms with Crippen molar-refractivity contribution in [1.82, 2.24) is 9.80 Å². The smallest absolute Gasteiger partial charge is 0.344 e. The van der Waals surface area contributed by atoms with Gasteiger partial charge in [0.1, 0.15) is 0 Å². The molecule has 0 aliphatic carbocycles. The van der Waals surface area contributed by atoms with E-state index >= 15 is 0 Å². The van der Waals surface area contributed by atoms with Gasteiger partial charge in [0.2, 0.25) is 0 Å². The highest BCUT2D eigenvalue weighted by Crippen LogP contribution is 2.36. The largest absolute Gasteiger partial charge is 0.493 e. The van der Waals surface area contributed by atoms with E-state index in [9.17, 15) is 9.59 Å². The molecule has 2 aromatic carbocycles. The molecule has 0 aromatic heterocycles. The number of benzene rings is 2. The molecule has 2 aromatic rings. The first kappa shape index (κ1) is 26.7. The zero-order valence-corrected chi connectivity index (χ0v) is 21.8. The molecule has 4 rings (SSSR count). The standard InChI is InChI=1S/C27H31N3O6S/c1-19(26(32)33)36-22-10-9-20(17-23(22)34-2)18-24-25(31)30(12-6-11-29-13-15-35-16-14-29)27(37-24)28-21-7-4-3-5-8-21/h3-5,7-10,17-19H,6,11-16H2,1-2H3,(H,32,33)/b24-18-,28-27?/t19-/m1/s1. The maximum absolute atomic E-state index is 13.4. The number of thioether (sulfide) groups is 1. The van der Waals surface area contributed by atoms with E-state index in [0.717, 1.165) is 50.5 Å². The van der Waals surface area contributed by atoms with Crippen molar-refractivity contribution in [3.8, 4) is 11.5 Å². The molecule has 0 saturated carbocycles. The molecule has 2 saturated heterocycles. The van der Waals surface area contributed by atoms with Crippen molar-refractivity contribution in [3.63, 3.8) is 0 Å². The van der Waals surface area contributed by atoms with Crippen molar-refractivity contribution < 1.29 is 28.9 Å². The summed E-state index contributed by atoms with van der Waals surface area (Å²) in [7, 11) is 1.49. The molecule has 0 unspecified atom stereocenters. The Hall–Kier alpha value is -3.34. The normalized spacial score (nSPS) is 19.4. The fourth-order valence-electron chi connectivity index (χ4n) is 3.94. The number of aliphatic imine (C=N–C) groups is 1. The number of morpholine rings is 1. The number of nitrogens with zero attached hydrogens (tertiary/aromatic N) is 3. The average molecular weight is 526 g/mol. The first-order valence-corrected chi connectivity index (χ1v) is 13.0. The van der Waals surface area contributed by atoms with E-state index in [-0.39, 0.29) is 5.91 Å². The second-order valence-corrected chi connectivity index (χ2v) is 9.62. The highest BCUT2D eigenvalue weighted by molar-refractivity contribution is 8.18. The van der Waals surface area contributed by atoms with Gasteiger partial charge in [-0.2, -0.15) is 0 Å². The molecule has 0 bridgehead atoms. The lowest BCUT2D eigenvalue weighted by Crippen LogP contribution is -2.38. The second kappa shape index (κ2) is 12.8. The maximum atomic E-state index is 13.4. The number of methoxy groups -OCH3 is 1. The Morgan fingerprint density at radius 1 is 1.16 bits per heavy atom. The van der Waals surface area contributed by atoms with Gasteiger partial charge in [0.15, 0.2) is 22.8 Å². The topological polar surface area (TPSA) is 101 Å². The summed E-state index contributed by atoms with van der Waals surface area (Å²) in [5.74, 6) is -0.458. The first-order valence-electron chi connectivity index (χ1n) is 12.2. The summed E-state index contributed by atoms with van der Waals surface area (Å²) in [6.45, 7) is 6.21. The van der Waals surface area contributed by atoms with Gasteiger partial charge >= 0.3 is 5.97 Å². The van der Waals surface area contributed by atoms with Gasteiger partial charge in [0, 0.05) is 26.2 Å². The lowest BCUT2D eigenvalue weighted by Gasteiger charge is -2.27.